The van der Waals surface area contributed by atoms with Crippen LogP contribution in [0.15, 0.2) is 143 Å². The smallest absolute Gasteiger partial charge is 0.333 e. The number of aromatic amines is 1. The van der Waals surface area contributed by atoms with Crippen LogP contribution in [0.4, 0.5) is 0 Å². The second kappa shape index (κ2) is 23.3. The van der Waals surface area contributed by atoms with E-state index in [0.717, 1.165) is 22.3 Å². The van der Waals surface area contributed by atoms with Gasteiger partial charge in [0.1, 0.15) is 30.5 Å². The van der Waals surface area contributed by atoms with Gasteiger partial charge >= 0.3 is 13.3 Å². The van der Waals surface area contributed by atoms with Crippen LogP contribution in [-0.2, 0) is 73.2 Å². The van der Waals surface area contributed by atoms with Gasteiger partial charge < -0.3 is 52.6 Å². The van der Waals surface area contributed by atoms with Crippen LogP contribution in [-0.4, -0.2) is 101 Å². The highest BCUT2D eigenvalue weighted by Gasteiger charge is 2.57. The lowest BCUT2D eigenvalue weighted by atomic mass is 10.00. The van der Waals surface area contributed by atoms with E-state index in [1.165, 1.54) is 16.8 Å². The third kappa shape index (κ3) is 13.2. The third-order valence-electron chi connectivity index (χ3n) is 12.1. The number of aliphatic hydroxyl groups excluding tert-OH is 1. The van der Waals surface area contributed by atoms with E-state index < -0.39 is 85.7 Å². The van der Waals surface area contributed by atoms with Gasteiger partial charge in [-0.15, -0.1) is 0 Å². The van der Waals surface area contributed by atoms with Crippen LogP contribution in [0.2, 0.25) is 0 Å². The van der Waals surface area contributed by atoms with Gasteiger partial charge in [-0.25, -0.2) is 4.79 Å². The SMILES string of the molecule is CCOP(=O)(C[C@@H](O)C[C@@H]1N[C@@H]([C@@H](COCc2ccccc2)OCc2ccccc2)[C@H](OCc2ccccc2)[C@H]1OCc1ccccc1)OC[C@H]1O[C@@H](n2ccc(=O)[nH]c2=O)[C@@H]2OC(C)(C)O[C@@H]21. The summed E-state index contributed by atoms with van der Waals surface area (Å²) in [6, 6.07) is 39.8. The molecule has 17 heteroatoms. The zero-order valence-corrected chi connectivity index (χ0v) is 39.5. The molecule has 1 unspecified atom stereocenters. The Morgan fingerprint density at radius 2 is 1.29 bits per heavy atom. The molecule has 3 aliphatic rings. The van der Waals surface area contributed by atoms with Crippen molar-refractivity contribution >= 4 is 7.60 Å². The molecule has 68 heavy (non-hydrogen) atoms. The van der Waals surface area contributed by atoms with Crippen LogP contribution in [0.25, 0.3) is 0 Å². The van der Waals surface area contributed by atoms with E-state index in [0.29, 0.717) is 13.2 Å². The summed E-state index contributed by atoms with van der Waals surface area (Å²) in [6.07, 6.45) is -5.25. The highest BCUT2D eigenvalue weighted by molar-refractivity contribution is 7.53. The van der Waals surface area contributed by atoms with Gasteiger partial charge in [0.15, 0.2) is 12.0 Å². The van der Waals surface area contributed by atoms with Gasteiger partial charge in [0.2, 0.25) is 0 Å². The van der Waals surface area contributed by atoms with E-state index in [1.54, 1.807) is 20.8 Å². The molecule has 3 fully saturated rings. The Kier molecular flexibility index (Phi) is 17.1. The van der Waals surface area contributed by atoms with Gasteiger partial charge in [-0.1, -0.05) is 121 Å². The van der Waals surface area contributed by atoms with Crippen molar-refractivity contribution in [1.29, 1.82) is 0 Å². The van der Waals surface area contributed by atoms with Crippen molar-refractivity contribution < 1.29 is 51.9 Å². The summed E-state index contributed by atoms with van der Waals surface area (Å²) in [4.78, 5) is 26.9. The Hall–Kier alpha value is -4.65. The number of fused-ring (bicyclic) bond motifs is 1. The predicted octanol–water partition coefficient (Wildman–Crippen LogP) is 6.26. The summed E-state index contributed by atoms with van der Waals surface area (Å²) in [5.41, 5.74) is 2.70. The molecule has 0 amide bonds. The minimum absolute atomic E-state index is 0.0367. The fraction of sp³-hybridized carbons (Fsp3) is 0.451. The fourth-order valence-electron chi connectivity index (χ4n) is 9.03. The van der Waals surface area contributed by atoms with Crippen molar-refractivity contribution in [3.05, 3.63) is 177 Å². The Morgan fingerprint density at radius 3 is 1.88 bits per heavy atom. The third-order valence-corrected chi connectivity index (χ3v) is 14.2. The number of nitrogens with one attached hydrogen (secondary N) is 2. The molecule has 16 nitrogen and oxygen atoms in total. The maximum atomic E-state index is 14.6. The zero-order valence-electron chi connectivity index (χ0n) is 38.6. The average Bonchev–Trinajstić information content (AvgIpc) is 3.96. The van der Waals surface area contributed by atoms with Crippen molar-refractivity contribution in [3.8, 4) is 0 Å². The minimum atomic E-state index is -4.02. The van der Waals surface area contributed by atoms with Gasteiger partial charge in [-0.2, -0.15) is 0 Å². The number of benzene rings is 4. The Bertz CT molecular complexity index is 2480. The molecule has 0 saturated carbocycles. The molecule has 0 aliphatic carbocycles. The van der Waals surface area contributed by atoms with Crippen molar-refractivity contribution in [1.82, 2.24) is 14.9 Å². The summed E-state index contributed by atoms with van der Waals surface area (Å²) >= 11 is 0. The Balaban J connectivity index is 1.03. The average molecular weight is 956 g/mol. The molecule has 3 aliphatic heterocycles. The van der Waals surface area contributed by atoms with Crippen molar-refractivity contribution in [3.63, 3.8) is 0 Å². The van der Waals surface area contributed by atoms with Gasteiger partial charge in [0.25, 0.3) is 5.56 Å². The van der Waals surface area contributed by atoms with E-state index >= 15 is 0 Å². The summed E-state index contributed by atoms with van der Waals surface area (Å²) in [7, 11) is -4.02. The minimum Gasteiger partial charge on any atom is -0.392 e. The second-order valence-electron chi connectivity index (χ2n) is 17.7. The van der Waals surface area contributed by atoms with Crippen LogP contribution >= 0.6 is 7.60 Å². The summed E-state index contributed by atoms with van der Waals surface area (Å²) in [5.74, 6) is -1.03. The highest BCUT2D eigenvalue weighted by Crippen LogP contribution is 2.51. The molecule has 5 aromatic rings. The molecule has 0 bridgehead atoms. The van der Waals surface area contributed by atoms with Crippen LogP contribution in [0.1, 0.15) is 55.7 Å². The molecule has 3 N–H and O–H groups in total. The van der Waals surface area contributed by atoms with E-state index in [2.05, 4.69) is 10.3 Å². The van der Waals surface area contributed by atoms with Crippen molar-refractivity contribution in [2.75, 3.05) is 26.0 Å². The van der Waals surface area contributed by atoms with Gasteiger partial charge in [0.05, 0.1) is 70.7 Å². The zero-order chi connectivity index (χ0) is 47.5. The predicted molar refractivity (Wildman–Crippen MR) is 252 cm³/mol. The first-order valence-electron chi connectivity index (χ1n) is 23.2. The molecule has 3 saturated heterocycles. The molecule has 364 valence electrons. The van der Waals surface area contributed by atoms with E-state index in [4.69, 9.17) is 42.2 Å². The standard InChI is InChI=1S/C51H62N3O13P/c1-4-63-68(58,64-33-42-46-48(67-51(2,3)66-46)49(65-42)54-26-25-43(56)53-50(54)57)34-39(55)27-40-45(61-30-37-21-13-7-14-22-37)47(62-31-38-23-15-8-16-24-38)44(52-40)41(60-29-36-19-11-6-12-20-36)32-59-28-35-17-9-5-10-18-35/h5-26,39-42,44-49,52,55H,4,27-34H2,1-3H3,(H,53,56,57)/t39-,40-,41+,42+,44-,45-,46+,47-,48+,49+,68?/m0/s1. The van der Waals surface area contributed by atoms with E-state index in [1.807, 2.05) is 121 Å². The Morgan fingerprint density at radius 1 is 0.735 bits per heavy atom. The molecular weight excluding hydrogens is 894 g/mol. The molecule has 1 aromatic heterocycles. The van der Waals surface area contributed by atoms with Crippen LogP contribution in [0.3, 0.4) is 0 Å². The first-order valence-corrected chi connectivity index (χ1v) is 24.9. The second-order valence-corrected chi connectivity index (χ2v) is 19.8. The number of H-pyrrole nitrogens is 1. The number of nitrogens with zero attached hydrogens (tertiary/aromatic N) is 1. The normalized spacial score (nSPS) is 26.0. The maximum Gasteiger partial charge on any atom is 0.333 e. The highest BCUT2D eigenvalue weighted by atomic mass is 31.2. The molecular formula is C51H62N3O13P. The number of hydrogen-bond acceptors (Lipinski definition) is 14. The molecule has 11 atom stereocenters. The number of aromatic nitrogens is 2. The van der Waals surface area contributed by atoms with Crippen LogP contribution in [0, 0.1) is 0 Å². The lowest BCUT2D eigenvalue weighted by Gasteiger charge is -2.31. The first-order chi connectivity index (χ1) is 33.0. The van der Waals surface area contributed by atoms with Crippen LogP contribution in [0.5, 0.6) is 0 Å². The maximum absolute atomic E-state index is 14.6. The summed E-state index contributed by atoms with van der Waals surface area (Å²) in [5, 5.41) is 15.7. The summed E-state index contributed by atoms with van der Waals surface area (Å²) in [6.45, 7) is 6.37. The molecule has 0 spiro atoms. The lowest BCUT2D eigenvalue weighted by Crippen LogP contribution is -2.48. The van der Waals surface area contributed by atoms with Gasteiger partial charge in [0, 0.05) is 18.3 Å². The molecule has 8 rings (SSSR count). The molecule has 4 heterocycles. The topological polar surface area (TPSA) is 187 Å². The largest absolute Gasteiger partial charge is 0.392 e. The number of rotatable bonds is 24. The van der Waals surface area contributed by atoms with Crippen molar-refractivity contribution in [2.45, 2.75) is 120 Å². The number of hydrogen-bond donors (Lipinski definition) is 3. The van der Waals surface area contributed by atoms with Crippen LogP contribution < -0.4 is 16.6 Å². The van der Waals surface area contributed by atoms with Gasteiger partial charge in [-0.3, -0.25) is 18.9 Å². The lowest BCUT2D eigenvalue weighted by molar-refractivity contribution is -0.200. The van der Waals surface area contributed by atoms with E-state index in [-0.39, 0.29) is 45.6 Å². The number of aliphatic hydroxyl groups is 1. The molecule has 0 radical (unpaired) electrons. The van der Waals surface area contributed by atoms with Gasteiger partial charge in [-0.05, 0) is 49.4 Å². The van der Waals surface area contributed by atoms with Crippen molar-refractivity contribution in [2.24, 2.45) is 0 Å². The first kappa shape index (κ1) is 49.8. The monoisotopic (exact) mass is 955 g/mol. The molecule has 4 aromatic carbocycles. The fourth-order valence-corrected chi connectivity index (χ4v) is 10.7. The Labute approximate surface area is 396 Å². The summed E-state index contributed by atoms with van der Waals surface area (Å²) < 4.78 is 73.2. The number of ether oxygens (including phenoxy) is 7. The quantitative estimate of drug-likeness (QED) is 0.0588. The van der Waals surface area contributed by atoms with E-state index in [9.17, 15) is 19.3 Å².